The molecule has 0 aliphatic rings. The summed E-state index contributed by atoms with van der Waals surface area (Å²) in [7, 11) is 1.70. The molecule has 4 heteroatoms. The summed E-state index contributed by atoms with van der Waals surface area (Å²) in [6.45, 7) is 7.86. The minimum Gasteiger partial charge on any atom is -0.496 e. The van der Waals surface area contributed by atoms with Crippen LogP contribution in [0.5, 0.6) is 5.75 Å². The Morgan fingerprint density at radius 2 is 2.05 bits per heavy atom. The lowest BCUT2D eigenvalue weighted by molar-refractivity contribution is 0.412. The quantitative estimate of drug-likeness (QED) is 0.638. The highest BCUT2D eigenvalue weighted by molar-refractivity contribution is 9.10. The van der Waals surface area contributed by atoms with Gasteiger partial charge < -0.3 is 10.1 Å². The summed E-state index contributed by atoms with van der Waals surface area (Å²) in [5.41, 5.74) is 1.35. The molecule has 0 aliphatic carbocycles. The first-order valence-electron chi connectivity index (χ1n) is 7.70. The van der Waals surface area contributed by atoms with Gasteiger partial charge in [0, 0.05) is 11.8 Å². The van der Waals surface area contributed by atoms with Crippen molar-refractivity contribution in [1.82, 2.24) is 5.32 Å². The zero-order valence-electron chi connectivity index (χ0n) is 13.6. The first-order valence-corrected chi connectivity index (χ1v) is 9.65. The molecule has 1 rings (SSSR count). The summed E-state index contributed by atoms with van der Waals surface area (Å²) in [6, 6.07) is 6.91. The Hall–Kier alpha value is -0.190. The molecule has 0 aromatic heterocycles. The van der Waals surface area contributed by atoms with Gasteiger partial charge in [0.2, 0.25) is 0 Å². The highest BCUT2D eigenvalue weighted by atomic mass is 79.9. The highest BCUT2D eigenvalue weighted by Gasteiger charge is 2.11. The largest absolute Gasteiger partial charge is 0.496 e. The number of benzene rings is 1. The van der Waals surface area contributed by atoms with E-state index in [9.17, 15) is 0 Å². The van der Waals surface area contributed by atoms with E-state index < -0.39 is 0 Å². The van der Waals surface area contributed by atoms with Crippen LogP contribution in [0.15, 0.2) is 22.7 Å². The monoisotopic (exact) mass is 373 g/mol. The number of thioether (sulfide) groups is 1. The summed E-state index contributed by atoms with van der Waals surface area (Å²) >= 11 is 5.62. The third kappa shape index (κ3) is 7.57. The van der Waals surface area contributed by atoms with Crippen molar-refractivity contribution in [2.45, 2.75) is 39.7 Å². The van der Waals surface area contributed by atoms with Gasteiger partial charge in [-0.2, -0.15) is 11.8 Å². The van der Waals surface area contributed by atoms with E-state index in [4.69, 9.17) is 4.74 Å². The molecule has 1 aromatic carbocycles. The maximum absolute atomic E-state index is 5.29. The second-order valence-electron chi connectivity index (χ2n) is 5.76. The van der Waals surface area contributed by atoms with Gasteiger partial charge in [0.25, 0.3) is 0 Å². The zero-order valence-corrected chi connectivity index (χ0v) is 16.0. The van der Waals surface area contributed by atoms with Crippen LogP contribution in [0.2, 0.25) is 0 Å². The van der Waals surface area contributed by atoms with Gasteiger partial charge in [-0.05, 0) is 64.7 Å². The molecule has 1 N–H and O–H groups in total. The third-order valence-electron chi connectivity index (χ3n) is 3.15. The van der Waals surface area contributed by atoms with E-state index in [0.29, 0.717) is 6.04 Å². The van der Waals surface area contributed by atoms with E-state index in [0.717, 1.165) is 29.1 Å². The minimum atomic E-state index is 0.536. The number of rotatable bonds is 10. The van der Waals surface area contributed by atoms with Gasteiger partial charge in [0.1, 0.15) is 5.75 Å². The number of hydrogen-bond donors (Lipinski definition) is 1. The van der Waals surface area contributed by atoms with E-state index in [1.807, 2.05) is 6.07 Å². The van der Waals surface area contributed by atoms with E-state index in [1.165, 1.54) is 23.5 Å². The molecule has 0 radical (unpaired) electrons. The van der Waals surface area contributed by atoms with Gasteiger partial charge in [0.15, 0.2) is 0 Å². The summed E-state index contributed by atoms with van der Waals surface area (Å²) in [4.78, 5) is 0. The SMILES string of the molecule is CCCNC(CSCC(C)C)Cc1ccc(OC)c(Br)c1. The number of halogens is 1. The van der Waals surface area contributed by atoms with Crippen molar-refractivity contribution >= 4 is 27.7 Å². The van der Waals surface area contributed by atoms with Gasteiger partial charge in [-0.3, -0.25) is 0 Å². The fourth-order valence-electron chi connectivity index (χ4n) is 2.11. The van der Waals surface area contributed by atoms with E-state index in [2.05, 4.69) is 65.9 Å². The molecule has 0 amide bonds. The van der Waals surface area contributed by atoms with Crippen LogP contribution in [0.3, 0.4) is 0 Å². The fraction of sp³-hybridized carbons (Fsp3) is 0.647. The van der Waals surface area contributed by atoms with Gasteiger partial charge in [-0.25, -0.2) is 0 Å². The summed E-state index contributed by atoms with van der Waals surface area (Å²) < 4.78 is 6.33. The van der Waals surface area contributed by atoms with E-state index in [-0.39, 0.29) is 0 Å². The van der Waals surface area contributed by atoms with Gasteiger partial charge >= 0.3 is 0 Å². The molecule has 0 aliphatic heterocycles. The van der Waals surface area contributed by atoms with Crippen LogP contribution in [0.4, 0.5) is 0 Å². The first kappa shape index (κ1) is 18.9. The third-order valence-corrected chi connectivity index (χ3v) is 5.31. The van der Waals surface area contributed by atoms with Crippen LogP contribution in [0.25, 0.3) is 0 Å². The molecule has 0 saturated heterocycles. The molecule has 2 nitrogen and oxygen atoms in total. The molecular weight excluding hydrogens is 346 g/mol. The normalized spacial score (nSPS) is 12.7. The molecule has 1 unspecified atom stereocenters. The van der Waals surface area contributed by atoms with Crippen molar-refractivity contribution in [3.63, 3.8) is 0 Å². The number of methoxy groups -OCH3 is 1. The second-order valence-corrected chi connectivity index (χ2v) is 7.68. The molecule has 0 heterocycles. The van der Waals surface area contributed by atoms with Crippen LogP contribution in [-0.4, -0.2) is 31.2 Å². The average molecular weight is 374 g/mol. The lowest BCUT2D eigenvalue weighted by Crippen LogP contribution is -2.34. The fourth-order valence-corrected chi connectivity index (χ4v) is 3.82. The van der Waals surface area contributed by atoms with Crippen molar-refractivity contribution in [2.75, 3.05) is 25.2 Å². The Morgan fingerprint density at radius 1 is 1.29 bits per heavy atom. The molecular formula is C17H28BrNOS. The van der Waals surface area contributed by atoms with Crippen molar-refractivity contribution in [1.29, 1.82) is 0 Å². The Labute approximate surface area is 142 Å². The molecule has 0 bridgehead atoms. The zero-order chi connectivity index (χ0) is 15.7. The molecule has 0 fully saturated rings. The number of ether oxygens (including phenoxy) is 1. The molecule has 0 saturated carbocycles. The van der Waals surface area contributed by atoms with Crippen LogP contribution >= 0.6 is 27.7 Å². The average Bonchev–Trinajstić information content (AvgIpc) is 2.44. The smallest absolute Gasteiger partial charge is 0.133 e. The Balaban J connectivity index is 2.59. The lowest BCUT2D eigenvalue weighted by atomic mass is 10.1. The maximum atomic E-state index is 5.29. The van der Waals surface area contributed by atoms with E-state index >= 15 is 0 Å². The van der Waals surface area contributed by atoms with Crippen molar-refractivity contribution in [3.8, 4) is 5.75 Å². The van der Waals surface area contributed by atoms with Crippen molar-refractivity contribution < 1.29 is 4.74 Å². The van der Waals surface area contributed by atoms with Crippen LogP contribution in [0.1, 0.15) is 32.8 Å². The van der Waals surface area contributed by atoms with Crippen LogP contribution < -0.4 is 10.1 Å². The number of nitrogens with one attached hydrogen (secondary N) is 1. The molecule has 21 heavy (non-hydrogen) atoms. The van der Waals surface area contributed by atoms with Crippen LogP contribution in [0, 0.1) is 5.92 Å². The van der Waals surface area contributed by atoms with Gasteiger partial charge in [-0.1, -0.05) is 26.8 Å². The predicted octanol–water partition coefficient (Wildman–Crippen LogP) is 4.76. The Kier molecular flexibility index (Phi) is 9.45. The topological polar surface area (TPSA) is 21.3 Å². The molecule has 120 valence electrons. The number of hydrogen-bond acceptors (Lipinski definition) is 3. The molecule has 1 aromatic rings. The first-order chi connectivity index (χ1) is 10.1. The second kappa shape index (κ2) is 10.5. The standard InChI is InChI=1S/C17H28BrNOS/c1-5-8-19-15(12-21-11-13(2)3)9-14-6-7-17(20-4)16(18)10-14/h6-7,10,13,15,19H,5,8-9,11-12H2,1-4H3. The summed E-state index contributed by atoms with van der Waals surface area (Å²) in [6.07, 6.45) is 2.24. The maximum Gasteiger partial charge on any atom is 0.133 e. The summed E-state index contributed by atoms with van der Waals surface area (Å²) in [5.74, 6) is 4.06. The van der Waals surface area contributed by atoms with Gasteiger partial charge in [0.05, 0.1) is 11.6 Å². The van der Waals surface area contributed by atoms with Crippen LogP contribution in [-0.2, 0) is 6.42 Å². The van der Waals surface area contributed by atoms with Gasteiger partial charge in [-0.15, -0.1) is 0 Å². The van der Waals surface area contributed by atoms with E-state index in [1.54, 1.807) is 7.11 Å². The lowest BCUT2D eigenvalue weighted by Gasteiger charge is -2.19. The minimum absolute atomic E-state index is 0.536. The van der Waals surface area contributed by atoms with Crippen molar-refractivity contribution in [3.05, 3.63) is 28.2 Å². The Morgan fingerprint density at radius 3 is 2.62 bits per heavy atom. The molecule has 0 spiro atoms. The highest BCUT2D eigenvalue weighted by Crippen LogP contribution is 2.26. The Bertz CT molecular complexity index is 412. The van der Waals surface area contributed by atoms with Crippen molar-refractivity contribution in [2.24, 2.45) is 5.92 Å². The predicted molar refractivity (Wildman–Crippen MR) is 98.6 cm³/mol. The summed E-state index contributed by atoms with van der Waals surface area (Å²) in [5, 5.41) is 3.67. The molecule has 1 atom stereocenters.